The van der Waals surface area contributed by atoms with Gasteiger partial charge in [0.05, 0.1) is 0 Å². The van der Waals surface area contributed by atoms with Gasteiger partial charge in [0.25, 0.3) is 0 Å². The highest BCUT2D eigenvalue weighted by Gasteiger charge is 2.09. The van der Waals surface area contributed by atoms with Crippen LogP contribution in [0.3, 0.4) is 0 Å². The van der Waals surface area contributed by atoms with E-state index in [2.05, 4.69) is 48.9 Å². The fourth-order valence-corrected chi connectivity index (χ4v) is 2.74. The van der Waals surface area contributed by atoms with Gasteiger partial charge in [0.2, 0.25) is 0 Å². The summed E-state index contributed by atoms with van der Waals surface area (Å²) in [5.41, 5.74) is 11.7. The molecule has 0 aliphatic heterocycles. The van der Waals surface area contributed by atoms with Crippen molar-refractivity contribution in [2.24, 2.45) is 0 Å². The van der Waals surface area contributed by atoms with Gasteiger partial charge in [-0.2, -0.15) is 0 Å². The first-order valence-corrected chi connectivity index (χ1v) is 7.03. The van der Waals surface area contributed by atoms with Crippen molar-refractivity contribution < 1.29 is 0 Å². The fraction of sp³-hybridized carbons (Fsp3) is 0.176. The van der Waals surface area contributed by atoms with Crippen molar-refractivity contribution in [2.75, 3.05) is 5.73 Å². The number of anilines is 1. The van der Waals surface area contributed by atoms with Gasteiger partial charge < -0.3 is 10.3 Å². The van der Waals surface area contributed by atoms with Crippen molar-refractivity contribution in [3.05, 3.63) is 64.3 Å². The number of hydrogen-bond acceptors (Lipinski definition) is 1. The van der Waals surface area contributed by atoms with Crippen LogP contribution >= 0.6 is 11.6 Å². The molecular weight excluding hydrogens is 268 g/mol. The van der Waals surface area contributed by atoms with Gasteiger partial charge in [-0.05, 0) is 54.8 Å². The zero-order chi connectivity index (χ0) is 14.3. The summed E-state index contributed by atoms with van der Waals surface area (Å²) in [6.45, 7) is 4.97. The maximum absolute atomic E-state index is 6.10. The number of benzene rings is 2. The van der Waals surface area contributed by atoms with E-state index in [0.29, 0.717) is 0 Å². The number of fused-ring (bicyclic) bond motifs is 1. The third kappa shape index (κ3) is 2.16. The van der Waals surface area contributed by atoms with Crippen molar-refractivity contribution in [2.45, 2.75) is 20.4 Å². The number of rotatable bonds is 2. The molecule has 0 unspecified atom stereocenters. The first kappa shape index (κ1) is 13.1. The molecule has 3 aromatic rings. The molecule has 0 saturated heterocycles. The Bertz CT molecular complexity index is 770. The van der Waals surface area contributed by atoms with E-state index in [0.717, 1.165) is 28.4 Å². The lowest BCUT2D eigenvalue weighted by Crippen LogP contribution is -1.99. The van der Waals surface area contributed by atoms with Crippen molar-refractivity contribution >= 4 is 28.2 Å². The lowest BCUT2D eigenvalue weighted by molar-refractivity contribution is 0.836. The van der Waals surface area contributed by atoms with Gasteiger partial charge in [-0.1, -0.05) is 23.7 Å². The van der Waals surface area contributed by atoms with Crippen LogP contribution in [-0.2, 0) is 6.54 Å². The molecule has 0 aliphatic carbocycles. The lowest BCUT2D eigenvalue weighted by atomic mass is 10.1. The van der Waals surface area contributed by atoms with Gasteiger partial charge in [0.1, 0.15) is 0 Å². The van der Waals surface area contributed by atoms with Crippen LogP contribution in [0.2, 0.25) is 5.02 Å². The molecule has 0 amide bonds. The molecule has 0 aliphatic rings. The van der Waals surface area contributed by atoms with Gasteiger partial charge in [0.15, 0.2) is 0 Å². The van der Waals surface area contributed by atoms with E-state index in [1.165, 1.54) is 16.5 Å². The molecule has 2 N–H and O–H groups in total. The Morgan fingerprint density at radius 2 is 1.80 bits per heavy atom. The summed E-state index contributed by atoms with van der Waals surface area (Å²) in [5.74, 6) is 0. The van der Waals surface area contributed by atoms with Gasteiger partial charge >= 0.3 is 0 Å². The molecule has 0 bridgehead atoms. The highest BCUT2D eigenvalue weighted by molar-refractivity contribution is 6.30. The predicted octanol–water partition coefficient (Wildman–Crippen LogP) is 4.54. The third-order valence-electron chi connectivity index (χ3n) is 3.86. The van der Waals surface area contributed by atoms with Crippen molar-refractivity contribution in [3.63, 3.8) is 0 Å². The topological polar surface area (TPSA) is 30.9 Å². The summed E-state index contributed by atoms with van der Waals surface area (Å²) in [6.07, 6.45) is 2.12. The highest BCUT2D eigenvalue weighted by atomic mass is 35.5. The average Bonchev–Trinajstić information content (AvgIpc) is 2.82. The second kappa shape index (κ2) is 4.88. The van der Waals surface area contributed by atoms with E-state index in [-0.39, 0.29) is 0 Å². The van der Waals surface area contributed by atoms with Crippen LogP contribution in [0.5, 0.6) is 0 Å². The molecule has 0 fully saturated rings. The van der Waals surface area contributed by atoms with Crippen LogP contribution in [-0.4, -0.2) is 4.57 Å². The quantitative estimate of drug-likeness (QED) is 0.688. The maximum atomic E-state index is 6.10. The summed E-state index contributed by atoms with van der Waals surface area (Å²) in [5, 5.41) is 1.99. The molecule has 3 rings (SSSR count). The van der Waals surface area contributed by atoms with E-state index in [4.69, 9.17) is 17.3 Å². The number of aromatic nitrogens is 1. The molecule has 2 aromatic carbocycles. The molecule has 0 saturated carbocycles. The van der Waals surface area contributed by atoms with Gasteiger partial charge in [0, 0.05) is 34.4 Å². The van der Waals surface area contributed by atoms with Crippen LogP contribution in [0.25, 0.3) is 10.9 Å². The predicted molar refractivity (Wildman–Crippen MR) is 86.4 cm³/mol. The van der Waals surface area contributed by atoms with Crippen LogP contribution in [0, 0.1) is 13.8 Å². The average molecular weight is 285 g/mol. The normalized spacial score (nSPS) is 11.2. The third-order valence-corrected chi connectivity index (χ3v) is 4.11. The Labute approximate surface area is 123 Å². The van der Waals surface area contributed by atoms with Gasteiger partial charge in [-0.15, -0.1) is 0 Å². The van der Waals surface area contributed by atoms with Gasteiger partial charge in [-0.3, -0.25) is 0 Å². The summed E-state index contributed by atoms with van der Waals surface area (Å²) in [6, 6.07) is 12.3. The minimum Gasteiger partial charge on any atom is -0.398 e. The molecule has 1 aromatic heterocycles. The van der Waals surface area contributed by atoms with E-state index >= 15 is 0 Å². The summed E-state index contributed by atoms with van der Waals surface area (Å²) in [7, 11) is 0. The number of nitrogens with two attached hydrogens (primary N) is 1. The minimum absolute atomic E-state index is 0.769. The molecule has 0 spiro atoms. The Balaban J connectivity index is 2.06. The Kier molecular flexibility index (Phi) is 3.19. The van der Waals surface area contributed by atoms with Crippen LogP contribution < -0.4 is 5.73 Å². The highest BCUT2D eigenvalue weighted by Crippen LogP contribution is 2.28. The molecule has 3 heteroatoms. The summed E-state index contributed by atoms with van der Waals surface area (Å²) >= 11 is 5.93. The van der Waals surface area contributed by atoms with Crippen molar-refractivity contribution in [1.29, 1.82) is 0 Å². The van der Waals surface area contributed by atoms with Crippen LogP contribution in [0.4, 0.5) is 5.69 Å². The lowest BCUT2D eigenvalue weighted by Gasteiger charge is -2.10. The first-order valence-electron chi connectivity index (χ1n) is 6.65. The molecule has 0 atom stereocenters. The molecule has 1 heterocycles. The second-order valence-corrected chi connectivity index (χ2v) is 5.67. The first-order chi connectivity index (χ1) is 9.56. The van der Waals surface area contributed by atoms with E-state index in [9.17, 15) is 0 Å². The maximum Gasteiger partial charge on any atom is 0.0490 e. The van der Waals surface area contributed by atoms with Crippen LogP contribution in [0.1, 0.15) is 16.7 Å². The van der Waals surface area contributed by atoms with E-state index < -0.39 is 0 Å². The summed E-state index contributed by atoms with van der Waals surface area (Å²) < 4.78 is 2.25. The molecule has 20 heavy (non-hydrogen) atoms. The number of aryl methyl sites for hydroxylation is 2. The zero-order valence-corrected chi connectivity index (χ0v) is 12.4. The van der Waals surface area contributed by atoms with Crippen molar-refractivity contribution in [3.8, 4) is 0 Å². The number of nitrogen functional groups attached to an aromatic ring is 1. The Morgan fingerprint density at radius 1 is 1.10 bits per heavy atom. The fourth-order valence-electron chi connectivity index (χ4n) is 2.61. The van der Waals surface area contributed by atoms with Crippen molar-refractivity contribution in [1.82, 2.24) is 4.57 Å². The number of hydrogen-bond donors (Lipinski definition) is 1. The largest absolute Gasteiger partial charge is 0.398 e. The molecular formula is C17H17ClN2. The zero-order valence-electron chi connectivity index (χ0n) is 11.7. The van der Waals surface area contributed by atoms with E-state index in [1.807, 2.05) is 12.1 Å². The van der Waals surface area contributed by atoms with E-state index in [1.54, 1.807) is 0 Å². The van der Waals surface area contributed by atoms with Crippen LogP contribution in [0.15, 0.2) is 42.6 Å². The number of halogens is 1. The molecule has 2 nitrogen and oxygen atoms in total. The van der Waals surface area contributed by atoms with Gasteiger partial charge in [-0.25, -0.2) is 0 Å². The second-order valence-electron chi connectivity index (χ2n) is 5.24. The smallest absolute Gasteiger partial charge is 0.0490 e. The molecule has 0 radical (unpaired) electrons. The minimum atomic E-state index is 0.769. The Hall–Kier alpha value is -1.93. The SMILES string of the molecule is Cc1cc2c(ccn2Cc2ccc(Cl)cc2)c(C)c1N. The monoisotopic (exact) mass is 284 g/mol. The molecule has 102 valence electrons. The number of nitrogens with zero attached hydrogens (tertiary/aromatic N) is 1. The standard InChI is InChI=1S/C17H17ClN2/c1-11-9-16-15(12(2)17(11)19)7-8-20(16)10-13-3-5-14(18)6-4-13/h3-9H,10,19H2,1-2H3. The Morgan fingerprint density at radius 3 is 2.50 bits per heavy atom. The summed E-state index contributed by atoms with van der Waals surface area (Å²) in [4.78, 5) is 0.